The number of carbonyl (C=O) groups is 5. The summed E-state index contributed by atoms with van der Waals surface area (Å²) in [5, 5.41) is 44.8. The summed E-state index contributed by atoms with van der Waals surface area (Å²) in [4.78, 5) is 105. The van der Waals surface area contributed by atoms with Gasteiger partial charge in [0.15, 0.2) is 23.2 Å². The van der Waals surface area contributed by atoms with Gasteiger partial charge in [0, 0.05) is 47.3 Å². The van der Waals surface area contributed by atoms with Gasteiger partial charge in [-0.3, -0.25) is 37.7 Å². The molecule has 0 spiro atoms. The molecule has 0 radical (unpaired) electrons. The molecule has 6 rings (SSSR count). The molecule has 0 saturated carbocycles. The molecule has 2 aliphatic rings. The predicted molar refractivity (Wildman–Crippen MR) is 307 cm³/mol. The number of aliphatic hydroxyl groups excluding tert-OH is 2. The molecule has 466 valence electrons. The van der Waals surface area contributed by atoms with Crippen LogP contribution in [0.25, 0.3) is 11.2 Å². The molecular weight excluding hydrogens is 1110 g/mol. The van der Waals surface area contributed by atoms with E-state index in [1.54, 1.807) is 41.7 Å². The number of imidazole rings is 1. The van der Waals surface area contributed by atoms with Crippen LogP contribution in [0.15, 0.2) is 49.2 Å². The SMILES string of the molecule is CC[C@H](C)[C@@H](C(CC(=O)N1CCC[C@H]1[C@H](OC)[C@@H](C)C(=O)N[C@@H](Cc1ccccc1)C(=O)NCc1cn(CCCNc2ncnc3c2ncn3C2O[C@H](COP(=O)(O)O)[C@@H](O)[C@H]2O)nn1)OC)N(C)C(=O)[C@@H](NC(=O)[C@@H](NC)C(C)C)C(C)C. The van der Waals surface area contributed by atoms with Crippen LogP contribution in [0.5, 0.6) is 0 Å². The third-order valence-corrected chi connectivity index (χ3v) is 16.4. The van der Waals surface area contributed by atoms with E-state index in [0.717, 1.165) is 5.56 Å². The summed E-state index contributed by atoms with van der Waals surface area (Å²) in [5.41, 5.74) is 1.88. The number of hydrogen-bond acceptors (Lipinski definition) is 19. The van der Waals surface area contributed by atoms with E-state index in [1.807, 2.05) is 71.9 Å². The van der Waals surface area contributed by atoms with Gasteiger partial charge in [0.2, 0.25) is 29.5 Å². The zero-order valence-electron chi connectivity index (χ0n) is 49.9. The number of benzene rings is 1. The Labute approximate surface area is 490 Å². The number of aliphatic hydroxyl groups is 2. The van der Waals surface area contributed by atoms with Crippen LogP contribution in [0, 0.1) is 23.7 Å². The molecular formula is C55H87N14O14P. The Morgan fingerprint density at radius 1 is 0.917 bits per heavy atom. The average Bonchev–Trinajstić information content (AvgIpc) is 2.63. The molecule has 0 bridgehead atoms. The molecule has 9 N–H and O–H groups in total. The lowest BCUT2D eigenvalue weighted by atomic mass is 9.89. The molecule has 13 atom stereocenters. The number of hydrogen-bond donors (Lipinski definition) is 9. The summed E-state index contributed by atoms with van der Waals surface area (Å²) in [6.07, 6.45) is 0.0390. The molecule has 2 fully saturated rings. The number of aromatic nitrogens is 7. The topological polar surface area (TPSA) is 361 Å². The number of rotatable bonds is 32. The van der Waals surface area contributed by atoms with Gasteiger partial charge >= 0.3 is 7.82 Å². The molecule has 28 nitrogen and oxygen atoms in total. The number of carbonyl (C=O) groups excluding carboxylic acids is 5. The number of fused-ring (bicyclic) bond motifs is 1. The Balaban J connectivity index is 1.05. The summed E-state index contributed by atoms with van der Waals surface area (Å²) in [6.45, 7) is 14.0. The normalized spacial score (nSPS) is 21.2. The van der Waals surface area contributed by atoms with Crippen LogP contribution in [0.1, 0.15) is 98.1 Å². The monoisotopic (exact) mass is 1200 g/mol. The molecule has 3 aromatic heterocycles. The third-order valence-electron chi connectivity index (χ3n) is 15.9. The van der Waals surface area contributed by atoms with Gasteiger partial charge in [-0.05, 0) is 49.6 Å². The molecule has 2 unspecified atom stereocenters. The quantitative estimate of drug-likeness (QED) is 0.0246. The highest BCUT2D eigenvalue weighted by Crippen LogP contribution is 2.39. The van der Waals surface area contributed by atoms with Crippen LogP contribution < -0.4 is 26.6 Å². The van der Waals surface area contributed by atoms with E-state index >= 15 is 0 Å². The van der Waals surface area contributed by atoms with Crippen molar-refractivity contribution in [3.05, 3.63) is 60.4 Å². The van der Waals surface area contributed by atoms with Gasteiger partial charge in [-0.1, -0.05) is 90.4 Å². The maximum absolute atomic E-state index is 14.5. The first-order chi connectivity index (χ1) is 39.9. The zero-order valence-corrected chi connectivity index (χ0v) is 50.8. The van der Waals surface area contributed by atoms with Gasteiger partial charge in [-0.15, -0.1) is 5.10 Å². The first-order valence-corrected chi connectivity index (χ1v) is 30.2. The van der Waals surface area contributed by atoms with Crippen LogP contribution in [-0.4, -0.2) is 203 Å². The van der Waals surface area contributed by atoms with Crippen molar-refractivity contribution in [1.29, 1.82) is 0 Å². The lowest BCUT2D eigenvalue weighted by Gasteiger charge is -2.41. The van der Waals surface area contributed by atoms with Crippen molar-refractivity contribution >= 4 is 54.3 Å². The minimum absolute atomic E-state index is 0.0104. The molecule has 5 heterocycles. The van der Waals surface area contributed by atoms with E-state index < -0.39 is 99.1 Å². The molecule has 2 saturated heterocycles. The fraction of sp³-hybridized carbons (Fsp3) is 0.673. The van der Waals surface area contributed by atoms with E-state index in [1.165, 1.54) is 31.4 Å². The van der Waals surface area contributed by atoms with Crippen molar-refractivity contribution in [1.82, 2.24) is 65.6 Å². The molecule has 0 aliphatic carbocycles. The summed E-state index contributed by atoms with van der Waals surface area (Å²) < 4.78 is 36.5. The summed E-state index contributed by atoms with van der Waals surface area (Å²) in [5.74, 6) is -2.42. The first-order valence-electron chi connectivity index (χ1n) is 28.7. The Morgan fingerprint density at radius 3 is 2.27 bits per heavy atom. The van der Waals surface area contributed by atoms with Gasteiger partial charge in [0.05, 0.1) is 68.3 Å². The average molecular weight is 1200 g/mol. The second-order valence-electron chi connectivity index (χ2n) is 22.4. The van der Waals surface area contributed by atoms with Gasteiger partial charge in [0.1, 0.15) is 42.4 Å². The van der Waals surface area contributed by atoms with Crippen molar-refractivity contribution in [2.45, 2.75) is 167 Å². The van der Waals surface area contributed by atoms with Gasteiger partial charge < -0.3 is 70.6 Å². The first kappa shape index (κ1) is 67.1. The third kappa shape index (κ3) is 17.1. The number of phosphoric acid groups is 1. The summed E-state index contributed by atoms with van der Waals surface area (Å²) in [6, 6.07) is 5.98. The molecule has 29 heteroatoms. The van der Waals surface area contributed by atoms with Crippen molar-refractivity contribution < 1.29 is 67.3 Å². The number of ether oxygens (including phenoxy) is 3. The number of nitrogens with one attached hydrogen (secondary N) is 5. The Kier molecular flexibility index (Phi) is 24.6. The van der Waals surface area contributed by atoms with Crippen molar-refractivity contribution in [2.75, 3.05) is 53.3 Å². The smallest absolute Gasteiger partial charge is 0.387 e. The van der Waals surface area contributed by atoms with E-state index in [2.05, 4.69) is 56.4 Å². The maximum Gasteiger partial charge on any atom is 0.469 e. The van der Waals surface area contributed by atoms with E-state index in [0.29, 0.717) is 62.3 Å². The van der Waals surface area contributed by atoms with E-state index in [4.69, 9.17) is 24.0 Å². The van der Waals surface area contributed by atoms with Gasteiger partial charge in [-0.2, -0.15) is 0 Å². The second-order valence-corrected chi connectivity index (χ2v) is 23.7. The Hall–Kier alpha value is -6.07. The minimum Gasteiger partial charge on any atom is -0.387 e. The molecule has 5 amide bonds. The molecule has 1 aromatic carbocycles. The van der Waals surface area contributed by atoms with Gasteiger partial charge in [-0.25, -0.2) is 19.5 Å². The zero-order chi connectivity index (χ0) is 61.6. The van der Waals surface area contributed by atoms with E-state index in [9.17, 15) is 38.8 Å². The van der Waals surface area contributed by atoms with Crippen LogP contribution in [-0.2, 0) is 66.8 Å². The molecule has 84 heavy (non-hydrogen) atoms. The largest absolute Gasteiger partial charge is 0.469 e. The highest BCUT2D eigenvalue weighted by molar-refractivity contribution is 7.46. The number of phosphoric ester groups is 1. The standard InChI is InChI=1S/C55H87N14O14P/c1-12-33(6)45(66(9)54(76)43(32(4)5)63-53(75)42(56-8)31(2)3)39(80-10)25-41(70)68-23-16-20-38(68)48(81-11)34(7)51(73)62-37(24-35-18-14-13-15-19-35)52(74)58-26-36-27-67(65-64-36)22-17-21-57-49-44-50(60-29-59-49)69(30-61-44)55-47(72)46(71)40(83-55)28-82-84(77,78)79/h13-15,18-19,27,29-34,37-40,42-43,45-48,55-56,71-72H,12,16-17,20-26,28H2,1-11H3,(H,58,74)(H,62,73)(H,63,75)(H,57,59,60)(H2,77,78,79)/t33-,34+,37-,38-,39?,40+,42-,43-,45-,46+,47+,48+,55?/m0/s1. The Bertz CT molecular complexity index is 2840. The molecule has 2 aliphatic heterocycles. The van der Waals surface area contributed by atoms with Gasteiger partial charge in [0.25, 0.3) is 0 Å². The number of amides is 5. The van der Waals surface area contributed by atoms with Crippen molar-refractivity contribution in [2.24, 2.45) is 23.7 Å². The summed E-state index contributed by atoms with van der Waals surface area (Å²) in [7, 11) is 1.59. The van der Waals surface area contributed by atoms with Crippen LogP contribution in [0.2, 0.25) is 0 Å². The Morgan fingerprint density at radius 2 is 1.63 bits per heavy atom. The van der Waals surface area contributed by atoms with Crippen molar-refractivity contribution in [3.63, 3.8) is 0 Å². The fourth-order valence-corrected chi connectivity index (χ4v) is 11.5. The minimum atomic E-state index is -4.86. The predicted octanol–water partition coefficient (Wildman–Crippen LogP) is 1.30. The number of nitrogens with zero attached hydrogens (tertiary/aromatic N) is 9. The van der Waals surface area contributed by atoms with Crippen LogP contribution >= 0.6 is 7.82 Å². The van der Waals surface area contributed by atoms with Crippen LogP contribution in [0.4, 0.5) is 5.82 Å². The fourth-order valence-electron chi connectivity index (χ4n) is 11.1. The number of likely N-dealkylation sites (N-methyl/N-ethyl adjacent to an activating group) is 2. The van der Waals surface area contributed by atoms with Crippen molar-refractivity contribution in [3.8, 4) is 0 Å². The summed E-state index contributed by atoms with van der Waals surface area (Å²) >= 11 is 0. The van der Waals surface area contributed by atoms with E-state index in [-0.39, 0.29) is 60.5 Å². The lowest BCUT2D eigenvalue weighted by Crippen LogP contribution is -2.59. The highest BCUT2D eigenvalue weighted by Gasteiger charge is 2.46. The number of anilines is 1. The lowest BCUT2D eigenvalue weighted by molar-refractivity contribution is -0.148. The molecule has 4 aromatic rings. The highest BCUT2D eigenvalue weighted by atomic mass is 31.2. The number of aryl methyl sites for hydroxylation is 1. The number of methoxy groups -OCH3 is 2. The number of likely N-dealkylation sites (tertiary alicyclic amines) is 1. The second kappa shape index (κ2) is 30.8. The maximum atomic E-state index is 14.5. The van der Waals surface area contributed by atoms with Crippen LogP contribution in [0.3, 0.4) is 0 Å².